The molecule has 1 rings (SSSR count). The van der Waals surface area contributed by atoms with E-state index in [9.17, 15) is 0 Å². The van der Waals surface area contributed by atoms with Crippen LogP contribution in [0.5, 0.6) is 5.75 Å². The smallest absolute Gasteiger partial charge is 0.122 e. The van der Waals surface area contributed by atoms with Gasteiger partial charge in [-0.05, 0) is 42.1 Å². The van der Waals surface area contributed by atoms with Crippen molar-refractivity contribution < 1.29 is 4.74 Å². The predicted molar refractivity (Wildman–Crippen MR) is 69.2 cm³/mol. The summed E-state index contributed by atoms with van der Waals surface area (Å²) >= 11 is 0. The maximum Gasteiger partial charge on any atom is 0.122 e. The summed E-state index contributed by atoms with van der Waals surface area (Å²) in [6.45, 7) is 9.66. The van der Waals surface area contributed by atoms with Gasteiger partial charge >= 0.3 is 0 Å². The van der Waals surface area contributed by atoms with Crippen LogP contribution in [0.15, 0.2) is 12.1 Å². The van der Waals surface area contributed by atoms with Crippen molar-refractivity contribution in [3.63, 3.8) is 0 Å². The van der Waals surface area contributed by atoms with Gasteiger partial charge in [-0.15, -0.1) is 0 Å². The van der Waals surface area contributed by atoms with Gasteiger partial charge in [0.1, 0.15) is 5.75 Å². The van der Waals surface area contributed by atoms with Crippen LogP contribution in [-0.4, -0.2) is 14.2 Å². The number of benzene rings is 1. The van der Waals surface area contributed by atoms with E-state index in [4.69, 9.17) is 4.74 Å². The van der Waals surface area contributed by atoms with Crippen LogP contribution in [0.3, 0.4) is 0 Å². The van der Waals surface area contributed by atoms with Gasteiger partial charge in [0, 0.05) is 6.54 Å². The first-order valence-electron chi connectivity index (χ1n) is 5.72. The van der Waals surface area contributed by atoms with E-state index in [1.54, 1.807) is 7.11 Å². The Morgan fingerprint density at radius 3 is 2.31 bits per heavy atom. The molecule has 0 aliphatic rings. The number of ether oxygens (including phenoxy) is 1. The Morgan fingerprint density at radius 1 is 1.25 bits per heavy atom. The first kappa shape index (κ1) is 13.0. The van der Waals surface area contributed by atoms with E-state index in [2.05, 4.69) is 45.1 Å². The van der Waals surface area contributed by atoms with Crippen LogP contribution in [0.2, 0.25) is 0 Å². The minimum absolute atomic E-state index is 0.113. The Morgan fingerprint density at radius 2 is 1.88 bits per heavy atom. The third kappa shape index (κ3) is 2.76. The summed E-state index contributed by atoms with van der Waals surface area (Å²) in [4.78, 5) is 0. The van der Waals surface area contributed by atoms with Crippen molar-refractivity contribution in [2.75, 3.05) is 14.2 Å². The molecule has 0 fully saturated rings. The van der Waals surface area contributed by atoms with E-state index < -0.39 is 0 Å². The fourth-order valence-corrected chi connectivity index (χ4v) is 1.86. The highest BCUT2D eigenvalue weighted by molar-refractivity contribution is 5.45. The summed E-state index contributed by atoms with van der Waals surface area (Å²) in [6.07, 6.45) is 0. The minimum Gasteiger partial charge on any atom is -0.496 e. The lowest BCUT2D eigenvalue weighted by molar-refractivity contribution is 0.397. The molecule has 0 aliphatic carbocycles. The third-order valence-corrected chi connectivity index (χ3v) is 2.83. The number of rotatable bonds is 3. The molecule has 0 unspecified atom stereocenters. The zero-order valence-electron chi connectivity index (χ0n) is 11.3. The molecule has 0 aromatic heterocycles. The summed E-state index contributed by atoms with van der Waals surface area (Å²) in [5.41, 5.74) is 4.00. The Hall–Kier alpha value is -1.02. The molecule has 0 radical (unpaired) electrons. The molecule has 0 atom stereocenters. The minimum atomic E-state index is 0.113. The summed E-state index contributed by atoms with van der Waals surface area (Å²) < 4.78 is 5.47. The van der Waals surface area contributed by atoms with Crippen LogP contribution in [-0.2, 0) is 12.0 Å². The summed E-state index contributed by atoms with van der Waals surface area (Å²) in [7, 11) is 3.71. The van der Waals surface area contributed by atoms with Gasteiger partial charge in [-0.3, -0.25) is 0 Å². The van der Waals surface area contributed by atoms with E-state index in [0.717, 1.165) is 12.3 Å². The van der Waals surface area contributed by atoms with E-state index >= 15 is 0 Å². The van der Waals surface area contributed by atoms with E-state index in [1.807, 2.05) is 7.05 Å². The monoisotopic (exact) mass is 221 g/mol. The molecule has 0 saturated carbocycles. The van der Waals surface area contributed by atoms with Gasteiger partial charge in [0.05, 0.1) is 7.11 Å². The van der Waals surface area contributed by atoms with Crippen LogP contribution in [0, 0.1) is 6.92 Å². The summed E-state index contributed by atoms with van der Waals surface area (Å²) in [5, 5.41) is 3.20. The van der Waals surface area contributed by atoms with Crippen LogP contribution < -0.4 is 10.1 Å². The fourth-order valence-electron chi connectivity index (χ4n) is 1.86. The topological polar surface area (TPSA) is 21.3 Å². The molecule has 1 aromatic carbocycles. The van der Waals surface area contributed by atoms with Gasteiger partial charge in [-0.25, -0.2) is 0 Å². The highest BCUT2D eigenvalue weighted by Gasteiger charge is 2.20. The molecule has 1 aromatic rings. The average molecular weight is 221 g/mol. The normalized spacial score (nSPS) is 11.6. The van der Waals surface area contributed by atoms with Crippen molar-refractivity contribution in [3.8, 4) is 5.75 Å². The molecule has 2 heteroatoms. The van der Waals surface area contributed by atoms with E-state index in [0.29, 0.717) is 0 Å². The van der Waals surface area contributed by atoms with E-state index in [-0.39, 0.29) is 5.41 Å². The van der Waals surface area contributed by atoms with Crippen molar-refractivity contribution in [1.29, 1.82) is 0 Å². The number of hydrogen-bond donors (Lipinski definition) is 1. The average Bonchev–Trinajstić information content (AvgIpc) is 2.19. The van der Waals surface area contributed by atoms with Crippen LogP contribution in [0.1, 0.15) is 37.5 Å². The second-order valence-electron chi connectivity index (χ2n) is 5.26. The molecule has 0 amide bonds. The van der Waals surface area contributed by atoms with Gasteiger partial charge < -0.3 is 10.1 Å². The Balaban J connectivity index is 3.29. The Kier molecular flexibility index (Phi) is 3.98. The third-order valence-electron chi connectivity index (χ3n) is 2.83. The van der Waals surface area contributed by atoms with E-state index in [1.165, 1.54) is 16.7 Å². The molecule has 90 valence electrons. The quantitative estimate of drug-likeness (QED) is 0.847. The highest BCUT2D eigenvalue weighted by Crippen LogP contribution is 2.33. The maximum absolute atomic E-state index is 5.47. The standard InChI is InChI=1S/C14H23NO/c1-10-7-13(16-6)12(14(2,3)4)8-11(10)9-15-5/h7-8,15H,9H2,1-6H3. The van der Waals surface area contributed by atoms with Gasteiger partial charge in [0.2, 0.25) is 0 Å². The van der Waals surface area contributed by atoms with Crippen molar-refractivity contribution in [2.24, 2.45) is 0 Å². The molecular formula is C14H23NO. The zero-order valence-corrected chi connectivity index (χ0v) is 11.3. The lowest BCUT2D eigenvalue weighted by atomic mass is 9.84. The number of aryl methyl sites for hydroxylation is 1. The van der Waals surface area contributed by atoms with Crippen LogP contribution in [0.25, 0.3) is 0 Å². The number of methoxy groups -OCH3 is 1. The molecule has 0 heterocycles. The zero-order chi connectivity index (χ0) is 12.3. The van der Waals surface area contributed by atoms with Crippen molar-refractivity contribution >= 4 is 0 Å². The van der Waals surface area contributed by atoms with Gasteiger partial charge in [-0.1, -0.05) is 26.8 Å². The second-order valence-corrected chi connectivity index (χ2v) is 5.26. The van der Waals surface area contributed by atoms with Gasteiger partial charge in [0.25, 0.3) is 0 Å². The molecule has 0 spiro atoms. The first-order valence-corrected chi connectivity index (χ1v) is 5.72. The van der Waals surface area contributed by atoms with Crippen molar-refractivity contribution in [1.82, 2.24) is 5.32 Å². The Bertz CT molecular complexity index is 364. The molecule has 1 N–H and O–H groups in total. The Labute approximate surface area is 99.0 Å². The largest absolute Gasteiger partial charge is 0.496 e. The lowest BCUT2D eigenvalue weighted by Crippen LogP contribution is -2.15. The first-order chi connectivity index (χ1) is 7.40. The fraction of sp³-hybridized carbons (Fsp3) is 0.571. The van der Waals surface area contributed by atoms with Crippen LogP contribution >= 0.6 is 0 Å². The second kappa shape index (κ2) is 4.88. The van der Waals surface area contributed by atoms with Gasteiger partial charge in [-0.2, -0.15) is 0 Å². The molecule has 0 bridgehead atoms. The maximum atomic E-state index is 5.47. The number of hydrogen-bond acceptors (Lipinski definition) is 2. The highest BCUT2D eigenvalue weighted by atomic mass is 16.5. The van der Waals surface area contributed by atoms with Crippen molar-refractivity contribution in [3.05, 3.63) is 28.8 Å². The van der Waals surface area contributed by atoms with Crippen LogP contribution in [0.4, 0.5) is 0 Å². The molecule has 2 nitrogen and oxygen atoms in total. The SMILES string of the molecule is CNCc1cc(C(C)(C)C)c(OC)cc1C. The molecule has 0 saturated heterocycles. The lowest BCUT2D eigenvalue weighted by Gasteiger charge is -2.24. The number of nitrogens with one attached hydrogen (secondary N) is 1. The molecule has 16 heavy (non-hydrogen) atoms. The molecule has 0 aliphatic heterocycles. The van der Waals surface area contributed by atoms with Crippen molar-refractivity contribution in [2.45, 2.75) is 39.7 Å². The molecular weight excluding hydrogens is 198 g/mol. The van der Waals surface area contributed by atoms with Gasteiger partial charge in [0.15, 0.2) is 0 Å². The summed E-state index contributed by atoms with van der Waals surface area (Å²) in [5.74, 6) is 0.991. The summed E-state index contributed by atoms with van der Waals surface area (Å²) in [6, 6.07) is 4.39. The predicted octanol–water partition coefficient (Wildman–Crippen LogP) is 3.02.